The molecule has 2 saturated heterocycles. The first-order valence-electron chi connectivity index (χ1n) is 49.2. The normalized spacial score (nSPS) is 24.9. The van der Waals surface area contributed by atoms with Gasteiger partial charge in [0.15, 0.2) is 24.8 Å². The van der Waals surface area contributed by atoms with Gasteiger partial charge in [-0.15, -0.1) is 0 Å². The van der Waals surface area contributed by atoms with Gasteiger partial charge in [-0.25, -0.2) is 4.57 Å². The molecule has 120 heavy (non-hydrogen) atoms. The van der Waals surface area contributed by atoms with Crippen molar-refractivity contribution < 1.29 is 122 Å². The summed E-state index contributed by atoms with van der Waals surface area (Å²) in [7, 11) is -5.81. The van der Waals surface area contributed by atoms with Crippen LogP contribution < -0.4 is 0 Å². The van der Waals surface area contributed by atoms with Gasteiger partial charge in [-0.3, -0.25) is 28.2 Å². The maximum Gasteiger partial charge on any atom is 0.472 e. The number of carbonyl (C=O) groups is 4. The summed E-state index contributed by atoms with van der Waals surface area (Å²) in [6, 6.07) is 0. The Morgan fingerprint density at radius 1 is 0.325 bits per heavy atom. The van der Waals surface area contributed by atoms with E-state index >= 15 is 0 Å². The van der Waals surface area contributed by atoms with Crippen LogP contribution in [0, 0.1) is 5.92 Å². The topological polar surface area (TPSA) is 380 Å². The number of aliphatic hydroxyl groups excluding tert-OH is 9. The van der Waals surface area contributed by atoms with E-state index in [4.69, 9.17) is 46.9 Å². The number of carbonyl (C=O) groups excluding carboxylic acids is 4. The molecule has 26 heteroatoms. The van der Waals surface area contributed by atoms with Crippen molar-refractivity contribution >= 4 is 31.7 Å². The lowest BCUT2D eigenvalue weighted by Crippen LogP contribution is -2.70. The van der Waals surface area contributed by atoms with Crippen LogP contribution in [0.15, 0.2) is 0 Å². The third kappa shape index (κ3) is 52.1. The molecule has 1 aliphatic carbocycles. The third-order valence-corrected chi connectivity index (χ3v) is 25.5. The molecule has 2 aliphatic heterocycles. The summed E-state index contributed by atoms with van der Waals surface area (Å²) in [6.07, 6.45) is 29.4. The Hall–Kier alpha value is -2.53. The van der Waals surface area contributed by atoms with Gasteiger partial charge in [0, 0.05) is 25.7 Å². The van der Waals surface area contributed by atoms with Gasteiger partial charge in [0.1, 0.15) is 92.6 Å². The summed E-state index contributed by atoms with van der Waals surface area (Å²) < 4.78 is 73.6. The number of phosphoric ester groups is 1. The lowest BCUT2D eigenvalue weighted by atomic mass is 9.84. The van der Waals surface area contributed by atoms with Crippen molar-refractivity contribution in [3.8, 4) is 0 Å². The number of hydrogen-bond donors (Lipinski definition) is 10. The van der Waals surface area contributed by atoms with Crippen molar-refractivity contribution in [2.45, 2.75) is 543 Å². The minimum absolute atomic E-state index is 0.0201. The van der Waals surface area contributed by atoms with Gasteiger partial charge in [-0.1, -0.05) is 388 Å². The van der Waals surface area contributed by atoms with Crippen LogP contribution in [0.1, 0.15) is 439 Å². The molecule has 0 spiro atoms. The van der Waals surface area contributed by atoms with Gasteiger partial charge in [0.25, 0.3) is 0 Å². The van der Waals surface area contributed by atoms with Gasteiger partial charge in [0.05, 0.1) is 13.2 Å². The molecule has 0 aromatic heterocycles. The third-order valence-electron chi connectivity index (χ3n) is 24.5. The molecule has 3 fully saturated rings. The molecular formula is C94H177O25P. The lowest BCUT2D eigenvalue weighted by molar-refractivity contribution is -0.360. The fourth-order valence-corrected chi connectivity index (χ4v) is 17.6. The molecule has 2 heterocycles. The zero-order valence-electron chi connectivity index (χ0n) is 75.8. The molecule has 19 atom stereocenters. The Morgan fingerprint density at radius 3 is 0.992 bits per heavy atom. The van der Waals surface area contributed by atoms with Crippen LogP contribution in [0.3, 0.4) is 0 Å². The first kappa shape index (κ1) is 112. The predicted octanol–water partition coefficient (Wildman–Crippen LogP) is 18.8. The quantitative estimate of drug-likeness (QED) is 0.0117. The standard InChI is InChI=1S/C94H177O25P/c1-6-10-14-18-22-25-28-31-33-35-38-40-43-46-53-59-65-77(96)110-70-74(113-79(98)67-61-56-50-49-52-58-64-73(5)63-57-51-21-17-13-9-4)71-112-120(108,109)119-92-90(117-93-87(106)83(102)81(100)75(69-95)114-93)86(105)85(104)89(116-80(99)68-62-55-48-45-42-37-30-27-24-20-16-12-8-3)91(92)118-94-88(107)84(103)82(101)76(115-94)72-111-78(97)66-60-54-47-44-41-39-36-34-32-29-26-23-19-15-11-7-2/h73-76,81-95,100-107H,6-72H2,1-5H3,(H,108,109). The number of phosphoric acid groups is 1. The second kappa shape index (κ2) is 72.4. The first-order chi connectivity index (χ1) is 58.1. The van der Waals surface area contributed by atoms with Crippen LogP contribution >= 0.6 is 7.82 Å². The fraction of sp³-hybridized carbons (Fsp3) is 0.957. The fourth-order valence-electron chi connectivity index (χ4n) is 16.6. The monoisotopic (exact) mass is 1740 g/mol. The van der Waals surface area contributed by atoms with Crippen molar-refractivity contribution in [1.29, 1.82) is 0 Å². The smallest absolute Gasteiger partial charge is 0.463 e. The Bertz CT molecular complexity index is 2500. The Kier molecular flexibility index (Phi) is 67.3. The van der Waals surface area contributed by atoms with Gasteiger partial charge >= 0.3 is 31.7 Å². The largest absolute Gasteiger partial charge is 0.472 e. The average Bonchev–Trinajstić information content (AvgIpc) is 0.753. The second-order valence-electron chi connectivity index (χ2n) is 35.6. The number of unbranched alkanes of at least 4 members (excludes halogenated alkanes) is 52. The average molecular weight is 1740 g/mol. The SMILES string of the molecule is CCCCCCCCCCCCCCCCCCC(=O)OCC(COP(=O)(O)OC1C(OC2OC(CO)C(O)C(O)C2O)C(O)C(O)C(OC(=O)CCCCCCCCCCCCCCC)C1OC1OC(COC(=O)CCCCCCCCCCCCCCCCCC)C(O)C(O)C1O)OC(=O)CCCCCCCCC(C)CCCCCCCC. The number of rotatable bonds is 80. The van der Waals surface area contributed by atoms with E-state index in [1.807, 2.05) is 0 Å². The molecule has 25 nitrogen and oxygen atoms in total. The summed E-state index contributed by atoms with van der Waals surface area (Å²) in [5.41, 5.74) is 0. The van der Waals surface area contributed by atoms with Crippen molar-refractivity contribution in [3.63, 3.8) is 0 Å². The highest BCUT2D eigenvalue weighted by Gasteiger charge is 2.60. The van der Waals surface area contributed by atoms with Crippen LogP contribution in [0.5, 0.6) is 0 Å². The van der Waals surface area contributed by atoms with Gasteiger partial charge < -0.3 is 88.7 Å². The van der Waals surface area contributed by atoms with Crippen molar-refractivity contribution in [1.82, 2.24) is 0 Å². The van der Waals surface area contributed by atoms with Gasteiger partial charge in [-0.05, 0) is 31.6 Å². The van der Waals surface area contributed by atoms with E-state index < -0.39 is 162 Å². The highest BCUT2D eigenvalue weighted by Crippen LogP contribution is 2.49. The van der Waals surface area contributed by atoms with E-state index in [-0.39, 0.29) is 25.7 Å². The molecule has 0 radical (unpaired) electrons. The molecule has 708 valence electrons. The molecule has 10 N–H and O–H groups in total. The van der Waals surface area contributed by atoms with Crippen LogP contribution in [0.2, 0.25) is 0 Å². The molecule has 3 aliphatic rings. The highest BCUT2D eigenvalue weighted by atomic mass is 31.2. The molecule has 3 rings (SSSR count). The predicted molar refractivity (Wildman–Crippen MR) is 467 cm³/mol. The lowest BCUT2D eigenvalue weighted by Gasteiger charge is -2.50. The van der Waals surface area contributed by atoms with Crippen LogP contribution in [0.25, 0.3) is 0 Å². The zero-order chi connectivity index (χ0) is 87.6. The highest BCUT2D eigenvalue weighted by molar-refractivity contribution is 7.47. The molecule has 19 unspecified atom stereocenters. The summed E-state index contributed by atoms with van der Waals surface area (Å²) in [5.74, 6) is -2.27. The second-order valence-corrected chi connectivity index (χ2v) is 37.0. The Balaban J connectivity index is 1.90. The van der Waals surface area contributed by atoms with Gasteiger partial charge in [-0.2, -0.15) is 0 Å². The molecular weight excluding hydrogens is 1560 g/mol. The molecule has 1 saturated carbocycles. The van der Waals surface area contributed by atoms with Crippen molar-refractivity contribution in [3.05, 3.63) is 0 Å². The Morgan fingerprint density at radius 2 is 0.625 bits per heavy atom. The van der Waals surface area contributed by atoms with Crippen LogP contribution in [-0.2, 0) is 70.7 Å². The number of ether oxygens (including phenoxy) is 8. The summed E-state index contributed by atoms with van der Waals surface area (Å²) in [5, 5.41) is 102. The molecule has 0 bridgehead atoms. The van der Waals surface area contributed by atoms with Crippen molar-refractivity contribution in [2.24, 2.45) is 5.92 Å². The van der Waals surface area contributed by atoms with Crippen LogP contribution in [-0.4, -0.2) is 205 Å². The van der Waals surface area contributed by atoms with E-state index in [2.05, 4.69) is 34.6 Å². The molecule has 0 amide bonds. The maximum atomic E-state index is 14.9. The van der Waals surface area contributed by atoms with Crippen LogP contribution in [0.4, 0.5) is 0 Å². The number of aliphatic hydroxyl groups is 9. The zero-order valence-corrected chi connectivity index (χ0v) is 76.7. The van der Waals surface area contributed by atoms with E-state index in [1.54, 1.807) is 0 Å². The van der Waals surface area contributed by atoms with Gasteiger partial charge in [0.2, 0.25) is 0 Å². The summed E-state index contributed by atoms with van der Waals surface area (Å²) >= 11 is 0. The first-order valence-corrected chi connectivity index (χ1v) is 50.7. The minimum Gasteiger partial charge on any atom is -0.463 e. The van der Waals surface area contributed by atoms with E-state index in [0.717, 1.165) is 128 Å². The number of hydrogen-bond acceptors (Lipinski definition) is 24. The number of esters is 4. The van der Waals surface area contributed by atoms with Crippen molar-refractivity contribution in [2.75, 3.05) is 26.4 Å². The van der Waals surface area contributed by atoms with E-state index in [9.17, 15) is 74.6 Å². The maximum absolute atomic E-state index is 14.9. The van der Waals surface area contributed by atoms with E-state index in [1.165, 1.54) is 218 Å². The molecule has 0 aromatic rings. The minimum atomic E-state index is -5.81. The Labute approximate surface area is 725 Å². The summed E-state index contributed by atoms with van der Waals surface area (Å²) in [6.45, 7) is 7.97. The molecule has 0 aromatic carbocycles. The van der Waals surface area contributed by atoms with E-state index in [0.29, 0.717) is 38.0 Å². The summed E-state index contributed by atoms with van der Waals surface area (Å²) in [4.78, 5) is 66.6.